The third-order valence-electron chi connectivity index (χ3n) is 4.61. The van der Waals surface area contributed by atoms with E-state index in [1.807, 2.05) is 0 Å². The van der Waals surface area contributed by atoms with Crippen LogP contribution in [-0.2, 0) is 6.42 Å². The lowest BCUT2D eigenvalue weighted by atomic mass is 9.71. The van der Waals surface area contributed by atoms with Crippen LogP contribution in [0.25, 0.3) is 0 Å². The maximum atomic E-state index is 5.37. The second kappa shape index (κ2) is 6.17. The number of hydrogen-bond acceptors (Lipinski definition) is 1. The Morgan fingerprint density at radius 2 is 2.00 bits per heavy atom. The summed E-state index contributed by atoms with van der Waals surface area (Å²) >= 11 is 0. The summed E-state index contributed by atoms with van der Waals surface area (Å²) in [6.07, 6.45) is 5.40. The van der Waals surface area contributed by atoms with E-state index in [1.54, 1.807) is 7.11 Å². The SMILES string of the molecule is C=CCC1c2ccc(OC)cc2CCC1c1ccccc1. The summed E-state index contributed by atoms with van der Waals surface area (Å²) in [6, 6.07) is 17.4. The van der Waals surface area contributed by atoms with Crippen molar-refractivity contribution in [1.29, 1.82) is 0 Å². The van der Waals surface area contributed by atoms with E-state index in [-0.39, 0.29) is 0 Å². The van der Waals surface area contributed by atoms with Crippen molar-refractivity contribution in [2.45, 2.75) is 31.1 Å². The monoisotopic (exact) mass is 278 g/mol. The molecular formula is C20H22O. The van der Waals surface area contributed by atoms with Crippen molar-refractivity contribution >= 4 is 0 Å². The molecule has 1 heteroatoms. The Morgan fingerprint density at radius 3 is 2.71 bits per heavy atom. The van der Waals surface area contributed by atoms with E-state index in [4.69, 9.17) is 4.74 Å². The van der Waals surface area contributed by atoms with E-state index in [1.165, 1.54) is 23.1 Å². The quantitative estimate of drug-likeness (QED) is 0.708. The largest absolute Gasteiger partial charge is 0.497 e. The molecule has 2 atom stereocenters. The van der Waals surface area contributed by atoms with E-state index < -0.39 is 0 Å². The molecule has 2 aromatic carbocycles. The molecule has 0 fully saturated rings. The molecular weight excluding hydrogens is 256 g/mol. The van der Waals surface area contributed by atoms with Gasteiger partial charge in [0.05, 0.1) is 7.11 Å². The molecule has 0 amide bonds. The van der Waals surface area contributed by atoms with Gasteiger partial charge in [-0.05, 0) is 59.9 Å². The molecule has 0 bridgehead atoms. The topological polar surface area (TPSA) is 9.23 Å². The van der Waals surface area contributed by atoms with Crippen molar-refractivity contribution in [3.8, 4) is 5.75 Å². The lowest BCUT2D eigenvalue weighted by Crippen LogP contribution is -2.19. The molecule has 0 saturated carbocycles. The average molecular weight is 278 g/mol. The first kappa shape index (κ1) is 13.9. The fourth-order valence-electron chi connectivity index (χ4n) is 3.59. The first-order chi connectivity index (χ1) is 10.3. The van der Waals surface area contributed by atoms with E-state index in [0.717, 1.165) is 18.6 Å². The van der Waals surface area contributed by atoms with Gasteiger partial charge in [-0.15, -0.1) is 6.58 Å². The Morgan fingerprint density at radius 1 is 1.19 bits per heavy atom. The molecule has 0 saturated heterocycles. The van der Waals surface area contributed by atoms with Crippen LogP contribution in [0.5, 0.6) is 5.75 Å². The second-order valence-corrected chi connectivity index (χ2v) is 5.75. The van der Waals surface area contributed by atoms with Crippen LogP contribution in [0.4, 0.5) is 0 Å². The maximum Gasteiger partial charge on any atom is 0.119 e. The normalized spacial score (nSPS) is 20.6. The second-order valence-electron chi connectivity index (χ2n) is 5.75. The van der Waals surface area contributed by atoms with Gasteiger partial charge >= 0.3 is 0 Å². The van der Waals surface area contributed by atoms with E-state index in [9.17, 15) is 0 Å². The van der Waals surface area contributed by atoms with Gasteiger partial charge in [-0.25, -0.2) is 0 Å². The van der Waals surface area contributed by atoms with Crippen molar-refractivity contribution in [2.75, 3.05) is 7.11 Å². The lowest BCUT2D eigenvalue weighted by Gasteiger charge is -2.34. The first-order valence-corrected chi connectivity index (χ1v) is 7.66. The number of benzene rings is 2. The van der Waals surface area contributed by atoms with Crippen LogP contribution in [0.1, 0.15) is 41.4 Å². The summed E-state index contributed by atoms with van der Waals surface area (Å²) in [5, 5.41) is 0. The van der Waals surface area contributed by atoms with Gasteiger partial charge in [0.15, 0.2) is 0 Å². The highest BCUT2D eigenvalue weighted by Gasteiger charge is 2.29. The smallest absolute Gasteiger partial charge is 0.119 e. The minimum Gasteiger partial charge on any atom is -0.497 e. The molecule has 2 aromatic rings. The van der Waals surface area contributed by atoms with Gasteiger partial charge in [0.25, 0.3) is 0 Å². The van der Waals surface area contributed by atoms with Crippen molar-refractivity contribution in [1.82, 2.24) is 0 Å². The van der Waals surface area contributed by atoms with Crippen molar-refractivity contribution in [3.05, 3.63) is 77.9 Å². The Labute approximate surface area is 127 Å². The summed E-state index contributed by atoms with van der Waals surface area (Å²) in [6.45, 7) is 3.96. The standard InChI is InChI=1S/C20H22O/c1-3-7-20-18(15-8-5-4-6-9-15)12-10-16-14-17(21-2)11-13-19(16)20/h3-6,8-9,11,13-14,18,20H,1,7,10,12H2,2H3. The third kappa shape index (κ3) is 2.73. The summed E-state index contributed by atoms with van der Waals surface area (Å²) in [4.78, 5) is 0. The van der Waals surface area contributed by atoms with Crippen LogP contribution < -0.4 is 4.74 Å². The molecule has 0 aliphatic heterocycles. The van der Waals surface area contributed by atoms with Crippen molar-refractivity contribution in [2.24, 2.45) is 0 Å². The molecule has 1 nitrogen and oxygen atoms in total. The predicted molar refractivity (Wildman–Crippen MR) is 88.1 cm³/mol. The molecule has 0 aromatic heterocycles. The van der Waals surface area contributed by atoms with Gasteiger partial charge in [0, 0.05) is 0 Å². The van der Waals surface area contributed by atoms with Gasteiger partial charge < -0.3 is 4.74 Å². The minimum absolute atomic E-state index is 0.527. The minimum atomic E-state index is 0.527. The average Bonchev–Trinajstić information content (AvgIpc) is 2.55. The number of rotatable bonds is 4. The Kier molecular flexibility index (Phi) is 4.10. The van der Waals surface area contributed by atoms with Crippen LogP contribution in [-0.4, -0.2) is 7.11 Å². The number of ether oxygens (including phenoxy) is 1. The summed E-state index contributed by atoms with van der Waals surface area (Å²) in [7, 11) is 1.73. The van der Waals surface area contributed by atoms with E-state index >= 15 is 0 Å². The Balaban J connectivity index is 2.00. The number of fused-ring (bicyclic) bond motifs is 1. The zero-order valence-corrected chi connectivity index (χ0v) is 12.6. The summed E-state index contributed by atoms with van der Waals surface area (Å²) < 4.78 is 5.37. The van der Waals surface area contributed by atoms with Gasteiger partial charge in [-0.3, -0.25) is 0 Å². The molecule has 2 unspecified atom stereocenters. The van der Waals surface area contributed by atoms with E-state index in [0.29, 0.717) is 11.8 Å². The molecule has 0 heterocycles. The van der Waals surface area contributed by atoms with Crippen LogP contribution in [0.3, 0.4) is 0 Å². The highest BCUT2D eigenvalue weighted by Crippen LogP contribution is 2.45. The fourth-order valence-corrected chi connectivity index (χ4v) is 3.59. The number of aryl methyl sites for hydroxylation is 1. The summed E-state index contributed by atoms with van der Waals surface area (Å²) in [5.41, 5.74) is 4.36. The van der Waals surface area contributed by atoms with Crippen LogP contribution in [0.2, 0.25) is 0 Å². The maximum absolute atomic E-state index is 5.37. The number of hydrogen-bond donors (Lipinski definition) is 0. The summed E-state index contributed by atoms with van der Waals surface area (Å²) in [5.74, 6) is 2.08. The fraction of sp³-hybridized carbons (Fsp3) is 0.300. The lowest BCUT2D eigenvalue weighted by molar-refractivity contribution is 0.411. The van der Waals surface area contributed by atoms with Gasteiger partial charge in [-0.1, -0.05) is 42.5 Å². The van der Waals surface area contributed by atoms with Crippen molar-refractivity contribution in [3.63, 3.8) is 0 Å². The molecule has 1 aliphatic rings. The molecule has 0 N–H and O–H groups in total. The number of allylic oxidation sites excluding steroid dienone is 1. The zero-order valence-electron chi connectivity index (χ0n) is 12.6. The molecule has 21 heavy (non-hydrogen) atoms. The highest BCUT2D eigenvalue weighted by molar-refractivity contribution is 5.42. The van der Waals surface area contributed by atoms with E-state index in [2.05, 4.69) is 61.2 Å². The molecule has 0 radical (unpaired) electrons. The van der Waals surface area contributed by atoms with Crippen molar-refractivity contribution < 1.29 is 4.74 Å². The molecule has 1 aliphatic carbocycles. The Hall–Kier alpha value is -2.02. The molecule has 0 spiro atoms. The molecule has 108 valence electrons. The zero-order chi connectivity index (χ0) is 14.7. The molecule has 3 rings (SSSR count). The van der Waals surface area contributed by atoms with Crippen LogP contribution >= 0.6 is 0 Å². The highest BCUT2D eigenvalue weighted by atomic mass is 16.5. The Bertz CT molecular complexity index is 615. The predicted octanol–water partition coefficient (Wildman–Crippen LogP) is 5.08. The van der Waals surface area contributed by atoms with Gasteiger partial charge in [0.2, 0.25) is 0 Å². The van der Waals surface area contributed by atoms with Crippen LogP contribution in [0, 0.1) is 0 Å². The van der Waals surface area contributed by atoms with Crippen LogP contribution in [0.15, 0.2) is 61.2 Å². The van der Waals surface area contributed by atoms with Gasteiger partial charge in [-0.2, -0.15) is 0 Å². The number of methoxy groups -OCH3 is 1. The third-order valence-corrected chi connectivity index (χ3v) is 4.61. The van der Waals surface area contributed by atoms with Gasteiger partial charge in [0.1, 0.15) is 5.75 Å². The first-order valence-electron chi connectivity index (χ1n) is 7.66.